The fraction of sp³-hybridized carbons (Fsp3) is 1.00. The average Bonchev–Trinajstić information content (AvgIpc) is 2.01. The number of hydrogen-bond donors (Lipinski definition) is 3. The van der Waals surface area contributed by atoms with Gasteiger partial charge in [0.25, 0.3) is 0 Å². The largest absolute Gasteiger partial charge is 0.389 e. The van der Waals surface area contributed by atoms with Crippen molar-refractivity contribution >= 4 is 31.9 Å². The standard InChI is InChI=1S/C6H12Br2O3/c1-6(11,4(9)2-7)5(10)3-8/h4-5,9-11H,2-3H2,1H3/t4-,5+,6+. The van der Waals surface area contributed by atoms with E-state index in [0.29, 0.717) is 0 Å². The van der Waals surface area contributed by atoms with Crippen LogP contribution in [0.2, 0.25) is 0 Å². The van der Waals surface area contributed by atoms with E-state index in [1.54, 1.807) is 0 Å². The first-order valence-corrected chi connectivity index (χ1v) is 5.41. The van der Waals surface area contributed by atoms with Gasteiger partial charge in [0.15, 0.2) is 0 Å². The van der Waals surface area contributed by atoms with E-state index in [0.717, 1.165) is 0 Å². The predicted molar refractivity (Wildman–Crippen MR) is 50.2 cm³/mol. The number of hydrogen-bond acceptors (Lipinski definition) is 3. The van der Waals surface area contributed by atoms with Crippen molar-refractivity contribution in [3.05, 3.63) is 0 Å². The molecule has 0 aromatic carbocycles. The Balaban J connectivity index is 4.18. The molecule has 11 heavy (non-hydrogen) atoms. The molecule has 0 aromatic rings. The van der Waals surface area contributed by atoms with Gasteiger partial charge in [-0.25, -0.2) is 0 Å². The first-order valence-electron chi connectivity index (χ1n) is 3.17. The van der Waals surface area contributed by atoms with Crippen LogP contribution in [0.3, 0.4) is 0 Å². The molecule has 3 N–H and O–H groups in total. The third-order valence-corrected chi connectivity index (χ3v) is 2.87. The first kappa shape index (κ1) is 11.8. The summed E-state index contributed by atoms with van der Waals surface area (Å²) in [6.07, 6.45) is -1.93. The van der Waals surface area contributed by atoms with Gasteiger partial charge in [0.1, 0.15) is 5.60 Å². The molecule has 68 valence electrons. The lowest BCUT2D eigenvalue weighted by molar-refractivity contribution is -0.117. The molecule has 0 aliphatic carbocycles. The van der Waals surface area contributed by atoms with Crippen molar-refractivity contribution in [2.75, 3.05) is 10.7 Å². The number of rotatable bonds is 4. The van der Waals surface area contributed by atoms with E-state index in [1.165, 1.54) is 6.92 Å². The Morgan fingerprint density at radius 3 is 1.64 bits per heavy atom. The summed E-state index contributed by atoms with van der Waals surface area (Å²) in [5.74, 6) is 0. The van der Waals surface area contributed by atoms with Crippen LogP contribution < -0.4 is 0 Å². The van der Waals surface area contributed by atoms with E-state index >= 15 is 0 Å². The summed E-state index contributed by atoms with van der Waals surface area (Å²) in [6.45, 7) is 1.39. The molecule has 0 saturated heterocycles. The smallest absolute Gasteiger partial charge is 0.115 e. The van der Waals surface area contributed by atoms with Gasteiger partial charge in [-0.2, -0.15) is 0 Å². The number of alkyl halides is 2. The third-order valence-electron chi connectivity index (χ3n) is 1.64. The number of aliphatic hydroxyl groups is 3. The minimum atomic E-state index is -1.47. The molecule has 0 amide bonds. The minimum Gasteiger partial charge on any atom is -0.389 e. The lowest BCUT2D eigenvalue weighted by atomic mass is 9.95. The van der Waals surface area contributed by atoms with Crippen molar-refractivity contribution in [2.45, 2.75) is 24.7 Å². The molecule has 3 atom stereocenters. The maximum absolute atomic E-state index is 9.49. The Kier molecular flexibility index (Phi) is 5.13. The summed E-state index contributed by atoms with van der Waals surface area (Å²) in [7, 11) is 0. The van der Waals surface area contributed by atoms with Gasteiger partial charge in [0, 0.05) is 10.7 Å². The molecule has 0 unspecified atom stereocenters. The van der Waals surface area contributed by atoms with Gasteiger partial charge in [0.2, 0.25) is 0 Å². The minimum absolute atomic E-state index is 0.240. The SMILES string of the molecule is C[C@](O)([C@H](O)CBr)[C@@H](O)CBr. The lowest BCUT2D eigenvalue weighted by Gasteiger charge is -2.31. The van der Waals surface area contributed by atoms with E-state index in [2.05, 4.69) is 31.9 Å². The van der Waals surface area contributed by atoms with Crippen LogP contribution in [0, 0.1) is 0 Å². The van der Waals surface area contributed by atoms with E-state index in [-0.39, 0.29) is 10.7 Å². The van der Waals surface area contributed by atoms with Crippen LogP contribution in [0.4, 0.5) is 0 Å². The maximum atomic E-state index is 9.49. The molecule has 3 nitrogen and oxygen atoms in total. The quantitative estimate of drug-likeness (QED) is 0.651. The van der Waals surface area contributed by atoms with Gasteiger partial charge in [-0.05, 0) is 6.92 Å². The number of aliphatic hydroxyl groups excluding tert-OH is 2. The molecule has 0 radical (unpaired) electrons. The fourth-order valence-electron chi connectivity index (χ4n) is 0.534. The van der Waals surface area contributed by atoms with Crippen LogP contribution in [-0.4, -0.2) is 43.8 Å². The predicted octanol–water partition coefficient (Wildman–Crippen LogP) is 0.249. The topological polar surface area (TPSA) is 60.7 Å². The molecule has 0 heterocycles. The highest BCUT2D eigenvalue weighted by Gasteiger charge is 2.36. The monoisotopic (exact) mass is 290 g/mol. The molecule has 0 aliphatic heterocycles. The van der Waals surface area contributed by atoms with Crippen LogP contribution in [-0.2, 0) is 0 Å². The summed E-state index contributed by atoms with van der Waals surface area (Å²) in [5.41, 5.74) is -1.47. The molecule has 5 heteroatoms. The van der Waals surface area contributed by atoms with Gasteiger partial charge in [-0.15, -0.1) is 0 Å². The average molecular weight is 292 g/mol. The number of halogens is 2. The van der Waals surface area contributed by atoms with E-state index < -0.39 is 17.8 Å². The molecule has 0 rings (SSSR count). The Morgan fingerprint density at radius 2 is 1.45 bits per heavy atom. The Morgan fingerprint density at radius 1 is 1.18 bits per heavy atom. The summed E-state index contributed by atoms with van der Waals surface area (Å²) < 4.78 is 0. The second-order valence-corrected chi connectivity index (χ2v) is 3.86. The fourth-order valence-corrected chi connectivity index (χ4v) is 1.85. The molecular weight excluding hydrogens is 280 g/mol. The van der Waals surface area contributed by atoms with Crippen molar-refractivity contribution in [3.63, 3.8) is 0 Å². The van der Waals surface area contributed by atoms with Crippen molar-refractivity contribution in [1.29, 1.82) is 0 Å². The van der Waals surface area contributed by atoms with Crippen LogP contribution >= 0.6 is 31.9 Å². The third kappa shape index (κ3) is 2.99. The highest BCUT2D eigenvalue weighted by molar-refractivity contribution is 9.09. The molecule has 0 aliphatic rings. The van der Waals surface area contributed by atoms with Gasteiger partial charge < -0.3 is 15.3 Å². The summed E-state index contributed by atoms with van der Waals surface area (Å²) in [4.78, 5) is 0. The van der Waals surface area contributed by atoms with Crippen LogP contribution in [0.1, 0.15) is 6.92 Å². The van der Waals surface area contributed by atoms with E-state index in [9.17, 15) is 15.3 Å². The van der Waals surface area contributed by atoms with Crippen LogP contribution in [0.5, 0.6) is 0 Å². The Hall–Kier alpha value is 0.840. The normalized spacial score (nSPS) is 22.4. The van der Waals surface area contributed by atoms with Crippen molar-refractivity contribution < 1.29 is 15.3 Å². The van der Waals surface area contributed by atoms with Crippen molar-refractivity contribution in [3.8, 4) is 0 Å². The lowest BCUT2D eigenvalue weighted by Crippen LogP contribution is -2.51. The second kappa shape index (κ2) is 4.77. The highest BCUT2D eigenvalue weighted by atomic mass is 79.9. The van der Waals surface area contributed by atoms with E-state index in [1.807, 2.05) is 0 Å². The van der Waals surface area contributed by atoms with Crippen LogP contribution in [0.15, 0.2) is 0 Å². The molecule has 0 aromatic heterocycles. The van der Waals surface area contributed by atoms with Gasteiger partial charge >= 0.3 is 0 Å². The second-order valence-electron chi connectivity index (χ2n) is 2.57. The van der Waals surface area contributed by atoms with Crippen molar-refractivity contribution in [1.82, 2.24) is 0 Å². The Bertz CT molecular complexity index is 106. The molecule has 0 spiro atoms. The molecular formula is C6H12Br2O3. The highest BCUT2D eigenvalue weighted by Crippen LogP contribution is 2.18. The van der Waals surface area contributed by atoms with Crippen molar-refractivity contribution in [2.24, 2.45) is 0 Å². The van der Waals surface area contributed by atoms with Gasteiger partial charge in [-0.1, -0.05) is 31.9 Å². The van der Waals surface area contributed by atoms with E-state index in [4.69, 9.17) is 0 Å². The summed E-state index contributed by atoms with van der Waals surface area (Å²) in [6, 6.07) is 0. The zero-order valence-electron chi connectivity index (χ0n) is 6.17. The molecule has 0 bridgehead atoms. The zero-order chi connectivity index (χ0) is 9.07. The molecule has 0 fully saturated rings. The first-order chi connectivity index (χ1) is 4.96. The summed E-state index contributed by atoms with van der Waals surface area (Å²) in [5, 5.41) is 28.4. The Labute approximate surface area is 82.7 Å². The maximum Gasteiger partial charge on any atom is 0.115 e. The summed E-state index contributed by atoms with van der Waals surface area (Å²) >= 11 is 6.02. The zero-order valence-corrected chi connectivity index (χ0v) is 9.34. The molecule has 0 saturated carbocycles. The van der Waals surface area contributed by atoms with Crippen LogP contribution in [0.25, 0.3) is 0 Å². The van der Waals surface area contributed by atoms with Gasteiger partial charge in [-0.3, -0.25) is 0 Å². The van der Waals surface area contributed by atoms with Gasteiger partial charge in [0.05, 0.1) is 12.2 Å².